The molecule has 1 aromatic heterocycles. The maximum Gasteiger partial charge on any atom is 0.219 e. The highest BCUT2D eigenvalue weighted by Crippen LogP contribution is 2.40. The first kappa shape index (κ1) is 29.8. The number of allylic oxidation sites excluding steroid dienone is 2. The maximum atomic E-state index is 15.3. The van der Waals surface area contributed by atoms with E-state index in [1.54, 1.807) is 0 Å². The van der Waals surface area contributed by atoms with Crippen molar-refractivity contribution in [1.29, 1.82) is 0 Å². The van der Waals surface area contributed by atoms with Crippen LogP contribution < -0.4 is 9.47 Å². The van der Waals surface area contributed by atoms with E-state index in [9.17, 15) is 26.3 Å². The Labute approximate surface area is 255 Å². The number of aliphatic imine (C=N–C) groups is 2. The predicted molar refractivity (Wildman–Crippen MR) is 146 cm³/mol. The number of aromatic amines is 1. The van der Waals surface area contributed by atoms with E-state index >= 15 is 17.6 Å². The summed E-state index contributed by atoms with van der Waals surface area (Å²) in [5.74, 6) is -23.2. The highest BCUT2D eigenvalue weighted by atomic mass is 19.2. The number of nitrogens with zero attached hydrogens (tertiary/aromatic N) is 2. The number of H-pyrrole nitrogens is 1. The molecule has 0 spiro atoms. The van der Waals surface area contributed by atoms with Crippen molar-refractivity contribution in [2.45, 2.75) is 0 Å². The first-order valence-electron chi connectivity index (χ1n) is 13.2. The summed E-state index contributed by atoms with van der Waals surface area (Å²) in [5.41, 5.74) is -6.07. The molecule has 0 saturated heterocycles. The average molecular weight is 659 g/mol. The van der Waals surface area contributed by atoms with Gasteiger partial charge in [0.05, 0.1) is 22.5 Å². The van der Waals surface area contributed by atoms with Crippen LogP contribution in [0.4, 0.5) is 43.9 Å². The molecule has 3 aliphatic heterocycles. The van der Waals surface area contributed by atoms with Gasteiger partial charge in [0.1, 0.15) is 11.5 Å². The lowest BCUT2D eigenvalue weighted by Crippen LogP contribution is -2.10. The van der Waals surface area contributed by atoms with Gasteiger partial charge in [-0.1, -0.05) is 6.07 Å². The van der Waals surface area contributed by atoms with Crippen LogP contribution in [0.5, 0.6) is 11.5 Å². The largest absolute Gasteiger partial charge is 0.439 e. The van der Waals surface area contributed by atoms with E-state index in [1.165, 1.54) is 36.4 Å². The molecule has 0 fully saturated rings. The second-order valence-corrected chi connectivity index (χ2v) is 9.94. The molecule has 4 heterocycles. The van der Waals surface area contributed by atoms with Crippen LogP contribution in [0.1, 0.15) is 22.5 Å². The van der Waals surface area contributed by atoms with Gasteiger partial charge < -0.3 is 14.5 Å². The SMILES string of the molecule is Fc1c(F)c(F)c(C2=C3C=CC(=N3)Oc3cccc(c3)OC3=NC(=C(c4c(F)c(F)c(F)c(F)c4F)c4ccc2[nH]4)C=C3)c(F)c1F. The van der Waals surface area contributed by atoms with Crippen LogP contribution >= 0.6 is 0 Å². The van der Waals surface area contributed by atoms with Crippen LogP contribution in [0.15, 0.2) is 82.1 Å². The van der Waals surface area contributed by atoms with E-state index in [0.29, 0.717) is 0 Å². The molecule has 4 aromatic rings. The molecule has 5 nitrogen and oxygen atoms in total. The Bertz CT molecular complexity index is 2050. The molecule has 15 heteroatoms. The van der Waals surface area contributed by atoms with Gasteiger partial charge in [-0.15, -0.1) is 0 Å². The quantitative estimate of drug-likeness (QED) is 0.134. The Morgan fingerprint density at radius 1 is 0.447 bits per heavy atom. The van der Waals surface area contributed by atoms with Gasteiger partial charge in [0.25, 0.3) is 0 Å². The van der Waals surface area contributed by atoms with Gasteiger partial charge in [0.15, 0.2) is 46.5 Å². The minimum Gasteiger partial charge on any atom is -0.439 e. The number of aromatic nitrogens is 1. The number of nitrogens with one attached hydrogen (secondary N) is 1. The smallest absolute Gasteiger partial charge is 0.219 e. The van der Waals surface area contributed by atoms with Crippen molar-refractivity contribution in [3.8, 4) is 11.5 Å². The Balaban J connectivity index is 1.57. The molecule has 47 heavy (non-hydrogen) atoms. The highest BCUT2D eigenvalue weighted by Gasteiger charge is 2.34. The molecular weight excluding hydrogens is 648 g/mol. The number of benzene rings is 3. The van der Waals surface area contributed by atoms with Gasteiger partial charge in [-0.2, -0.15) is 0 Å². The maximum absolute atomic E-state index is 15.3. The van der Waals surface area contributed by atoms with Gasteiger partial charge in [0.2, 0.25) is 23.4 Å². The molecule has 8 bridgehead atoms. The van der Waals surface area contributed by atoms with Gasteiger partial charge >= 0.3 is 0 Å². The first-order chi connectivity index (χ1) is 22.4. The minimum absolute atomic E-state index is 0.111. The van der Waals surface area contributed by atoms with E-state index in [4.69, 9.17) is 9.47 Å². The van der Waals surface area contributed by atoms with Crippen LogP contribution in [-0.4, -0.2) is 16.8 Å². The molecule has 7 rings (SSSR count). The monoisotopic (exact) mass is 659 g/mol. The van der Waals surface area contributed by atoms with Gasteiger partial charge in [-0.25, -0.2) is 53.9 Å². The highest BCUT2D eigenvalue weighted by molar-refractivity contribution is 5.99. The fourth-order valence-corrected chi connectivity index (χ4v) is 5.06. The number of fused-ring (bicyclic) bond motifs is 6. The average Bonchev–Trinajstić information content (AvgIpc) is 3.83. The van der Waals surface area contributed by atoms with E-state index in [2.05, 4.69) is 15.0 Å². The normalized spacial score (nSPS) is 15.3. The van der Waals surface area contributed by atoms with E-state index in [-0.39, 0.29) is 23.3 Å². The van der Waals surface area contributed by atoms with Gasteiger partial charge in [-0.3, -0.25) is 0 Å². The number of ether oxygens (including phenoxy) is 2. The van der Waals surface area contributed by atoms with Crippen molar-refractivity contribution < 1.29 is 53.4 Å². The van der Waals surface area contributed by atoms with Crippen molar-refractivity contribution >= 4 is 22.9 Å². The standard InChI is InChI=1S/C32H11F10N3O2/c33-23-21(24(34)28(38)31(41)27(23)37)19-13-4-5-14(43-13)20(22-25(35)29(39)32(42)30(40)26(22)36)16-7-9-18(45-16)47-12-3-1-2-11(10-12)46-17-8-6-15(19)44-17/h1-10,43H. The van der Waals surface area contributed by atoms with Crippen LogP contribution in [-0.2, 0) is 0 Å². The predicted octanol–water partition coefficient (Wildman–Crippen LogP) is 8.33. The first-order valence-corrected chi connectivity index (χ1v) is 13.2. The van der Waals surface area contributed by atoms with Crippen molar-refractivity contribution in [1.82, 2.24) is 4.98 Å². The summed E-state index contributed by atoms with van der Waals surface area (Å²) < 4.78 is 158. The topological polar surface area (TPSA) is 59.0 Å². The third kappa shape index (κ3) is 4.73. The molecule has 0 saturated carbocycles. The molecule has 3 aliphatic rings. The number of hydrogen-bond donors (Lipinski definition) is 1. The molecule has 1 N–H and O–H groups in total. The fraction of sp³-hybridized carbons (Fsp3) is 0. The van der Waals surface area contributed by atoms with E-state index in [0.717, 1.165) is 24.3 Å². The Morgan fingerprint density at radius 2 is 0.809 bits per heavy atom. The Morgan fingerprint density at radius 3 is 1.19 bits per heavy atom. The summed E-state index contributed by atoms with van der Waals surface area (Å²) >= 11 is 0. The molecule has 0 amide bonds. The molecule has 236 valence electrons. The molecule has 0 radical (unpaired) electrons. The summed E-state index contributed by atoms with van der Waals surface area (Å²) in [6, 6.07) is 7.79. The van der Waals surface area contributed by atoms with Crippen LogP contribution in [0.2, 0.25) is 0 Å². The fourth-order valence-electron chi connectivity index (χ4n) is 5.06. The van der Waals surface area contributed by atoms with Crippen LogP contribution in [0, 0.1) is 58.2 Å². The lowest BCUT2D eigenvalue weighted by molar-refractivity contribution is 0.376. The lowest BCUT2D eigenvalue weighted by Gasteiger charge is -2.14. The van der Waals surface area contributed by atoms with Crippen molar-refractivity contribution in [3.63, 3.8) is 0 Å². The molecule has 3 aromatic carbocycles. The van der Waals surface area contributed by atoms with Crippen molar-refractivity contribution in [2.24, 2.45) is 9.98 Å². The zero-order chi connectivity index (χ0) is 33.3. The van der Waals surface area contributed by atoms with E-state index < -0.39 is 103 Å². The third-order valence-corrected chi connectivity index (χ3v) is 7.14. The van der Waals surface area contributed by atoms with Crippen molar-refractivity contribution in [3.05, 3.63) is 153 Å². The van der Waals surface area contributed by atoms with E-state index in [1.807, 2.05) is 0 Å². The zero-order valence-electron chi connectivity index (χ0n) is 22.8. The summed E-state index contributed by atoms with van der Waals surface area (Å²) in [6.07, 6.45) is 4.68. The summed E-state index contributed by atoms with van der Waals surface area (Å²) in [5, 5.41) is 0. The van der Waals surface area contributed by atoms with Crippen molar-refractivity contribution in [2.75, 3.05) is 0 Å². The second-order valence-electron chi connectivity index (χ2n) is 9.94. The second kappa shape index (κ2) is 10.9. The molecular formula is C32H11F10N3O2. The minimum atomic E-state index is -2.44. The molecule has 0 unspecified atom stereocenters. The Kier molecular flexibility index (Phi) is 6.91. The summed E-state index contributed by atoms with van der Waals surface area (Å²) in [6.45, 7) is 0. The third-order valence-electron chi connectivity index (χ3n) is 7.14. The molecule has 0 atom stereocenters. The Hall–Kier alpha value is -5.86. The number of rotatable bonds is 2. The summed E-state index contributed by atoms with van der Waals surface area (Å²) in [4.78, 5) is 10.8. The van der Waals surface area contributed by atoms with Crippen LogP contribution in [0.25, 0.3) is 11.1 Å². The van der Waals surface area contributed by atoms with Gasteiger partial charge in [0, 0.05) is 40.8 Å². The number of halogens is 10. The lowest BCUT2D eigenvalue weighted by atomic mass is 9.98. The zero-order valence-corrected chi connectivity index (χ0v) is 22.8. The van der Waals surface area contributed by atoms with Crippen LogP contribution in [0.3, 0.4) is 0 Å². The van der Waals surface area contributed by atoms with Gasteiger partial charge in [-0.05, 0) is 36.4 Å². The molecule has 0 aliphatic carbocycles. The number of hydrogen-bond acceptors (Lipinski definition) is 4. The summed E-state index contributed by atoms with van der Waals surface area (Å²) in [7, 11) is 0.